The maximum atomic E-state index is 11.5. The highest BCUT2D eigenvalue weighted by atomic mass is 16.4. The Morgan fingerprint density at radius 3 is 1.30 bits per heavy atom. The molecule has 0 aliphatic carbocycles. The zero-order chi connectivity index (χ0) is 30.3. The van der Waals surface area contributed by atoms with Crippen molar-refractivity contribution in [2.45, 2.75) is 25.0 Å². The number of carboxylic acids is 4. The largest absolute Gasteiger partial charge is 0.480 e. The van der Waals surface area contributed by atoms with E-state index < -0.39 is 55.3 Å². The molecule has 1 heterocycles. The molecule has 1 saturated heterocycles. The fourth-order valence-electron chi connectivity index (χ4n) is 4.71. The predicted molar refractivity (Wildman–Crippen MR) is 141 cm³/mol. The Morgan fingerprint density at radius 2 is 1.02 bits per heavy atom. The number of carboxylic acid groups (broad SMARTS) is 4. The van der Waals surface area contributed by atoms with E-state index in [4.69, 9.17) is 0 Å². The number of aliphatic hydroxyl groups excluding tert-OH is 3. The third-order valence-electron chi connectivity index (χ3n) is 7.15. The summed E-state index contributed by atoms with van der Waals surface area (Å²) >= 11 is 0. The number of carbonyl (C=O) groups is 4. The van der Waals surface area contributed by atoms with Crippen molar-refractivity contribution in [3.8, 4) is 0 Å². The molecule has 1 fully saturated rings. The summed E-state index contributed by atoms with van der Waals surface area (Å²) in [5, 5.41) is 68.1. The highest BCUT2D eigenvalue weighted by Gasteiger charge is 2.36. The van der Waals surface area contributed by atoms with Gasteiger partial charge in [0, 0.05) is 65.4 Å². The summed E-state index contributed by atoms with van der Waals surface area (Å²) < 4.78 is 0. The van der Waals surface area contributed by atoms with E-state index in [0.29, 0.717) is 13.1 Å². The number of aliphatic hydroxyl groups is 3. The first-order chi connectivity index (χ1) is 18.8. The monoisotopic (exact) mass is 579 g/mol. The van der Waals surface area contributed by atoms with Crippen molar-refractivity contribution in [3.05, 3.63) is 0 Å². The van der Waals surface area contributed by atoms with Gasteiger partial charge in [0.2, 0.25) is 0 Å². The Kier molecular flexibility index (Phi) is 16.1. The minimum absolute atomic E-state index is 0.0414. The summed E-state index contributed by atoms with van der Waals surface area (Å²) in [5.41, 5.74) is -1.25. The van der Waals surface area contributed by atoms with Crippen molar-refractivity contribution in [1.29, 1.82) is 0 Å². The molecular weight excluding hydrogens is 534 g/mol. The average molecular weight is 580 g/mol. The molecule has 0 spiro atoms. The fourth-order valence-corrected chi connectivity index (χ4v) is 4.71. The molecule has 1 aliphatic rings. The van der Waals surface area contributed by atoms with E-state index >= 15 is 0 Å². The molecular formula is C24H45N5O11. The fraction of sp³-hybridized carbons (Fsp3) is 0.833. The zero-order valence-corrected chi connectivity index (χ0v) is 23.1. The van der Waals surface area contributed by atoms with Gasteiger partial charge in [-0.2, -0.15) is 0 Å². The Bertz CT molecular complexity index is 774. The molecule has 0 bridgehead atoms. The van der Waals surface area contributed by atoms with Gasteiger partial charge in [0.05, 0.1) is 51.0 Å². The molecule has 232 valence electrons. The molecule has 0 saturated carbocycles. The smallest absolute Gasteiger partial charge is 0.317 e. The van der Waals surface area contributed by atoms with E-state index in [0.717, 1.165) is 0 Å². The van der Waals surface area contributed by atoms with E-state index in [2.05, 4.69) is 0 Å². The summed E-state index contributed by atoms with van der Waals surface area (Å²) in [4.78, 5) is 53.8. The van der Waals surface area contributed by atoms with Gasteiger partial charge in [0.15, 0.2) is 0 Å². The van der Waals surface area contributed by atoms with Crippen LogP contribution in [-0.4, -0.2) is 201 Å². The second-order valence-corrected chi connectivity index (χ2v) is 10.1. The molecule has 1 atom stereocenters. The molecule has 0 aromatic carbocycles. The molecule has 0 aromatic heterocycles. The Hall–Kier alpha value is -2.44. The molecule has 1 aliphatic heterocycles. The molecule has 16 heteroatoms. The van der Waals surface area contributed by atoms with Gasteiger partial charge in [-0.3, -0.25) is 43.7 Å². The van der Waals surface area contributed by atoms with Gasteiger partial charge in [0.1, 0.15) is 0 Å². The molecule has 1 unspecified atom stereocenters. The molecule has 16 nitrogen and oxygen atoms in total. The standard InChI is InChI=1S/C24H45N5O11/c1-2-24(17-30,18-31)29(16-23(39)40)12-19(32)11-25-3-5-26(13-20(33)34)7-9-28(15-22(37)38)10-8-27(6-4-25)14-21(35)36/h19,30-32H,2-18H2,1H3,(H,33,34)(H,35,36)(H,37,38)(H,39,40). The minimum atomic E-state index is -1.25. The lowest BCUT2D eigenvalue weighted by Gasteiger charge is -2.41. The molecule has 1 rings (SSSR count). The van der Waals surface area contributed by atoms with E-state index in [1.54, 1.807) is 21.6 Å². The lowest BCUT2D eigenvalue weighted by molar-refractivity contribution is -0.143. The van der Waals surface area contributed by atoms with Crippen molar-refractivity contribution in [1.82, 2.24) is 24.5 Å². The summed E-state index contributed by atoms with van der Waals surface area (Å²) in [5.74, 6) is -4.34. The Morgan fingerprint density at radius 1 is 0.675 bits per heavy atom. The highest BCUT2D eigenvalue weighted by Crippen LogP contribution is 2.20. The van der Waals surface area contributed by atoms with Crippen LogP contribution in [0.25, 0.3) is 0 Å². The van der Waals surface area contributed by atoms with Crippen LogP contribution in [-0.2, 0) is 19.2 Å². The maximum Gasteiger partial charge on any atom is 0.317 e. The first-order valence-corrected chi connectivity index (χ1v) is 13.3. The lowest BCUT2D eigenvalue weighted by atomic mass is 9.95. The van der Waals surface area contributed by atoms with Crippen LogP contribution in [0, 0.1) is 0 Å². The predicted octanol–water partition coefficient (Wildman–Crippen LogP) is -3.66. The van der Waals surface area contributed by atoms with Gasteiger partial charge in [-0.1, -0.05) is 6.92 Å². The van der Waals surface area contributed by atoms with E-state index in [-0.39, 0.29) is 78.4 Å². The number of rotatable bonds is 16. The topological polar surface area (TPSA) is 226 Å². The minimum Gasteiger partial charge on any atom is -0.480 e. The normalized spacial score (nSPS) is 18.6. The van der Waals surface area contributed by atoms with Crippen LogP contribution >= 0.6 is 0 Å². The third-order valence-corrected chi connectivity index (χ3v) is 7.15. The van der Waals surface area contributed by atoms with E-state index in [1.165, 1.54) is 4.90 Å². The summed E-state index contributed by atoms with van der Waals surface area (Å²) in [6.07, 6.45) is -0.875. The third kappa shape index (κ3) is 13.3. The van der Waals surface area contributed by atoms with Gasteiger partial charge in [-0.25, -0.2) is 0 Å². The molecule has 40 heavy (non-hydrogen) atoms. The van der Waals surface area contributed by atoms with Crippen LogP contribution < -0.4 is 0 Å². The van der Waals surface area contributed by atoms with Crippen molar-refractivity contribution in [2.75, 3.05) is 105 Å². The van der Waals surface area contributed by atoms with Gasteiger partial charge in [-0.05, 0) is 6.42 Å². The summed E-state index contributed by atoms with van der Waals surface area (Å²) in [6, 6.07) is 0. The van der Waals surface area contributed by atoms with E-state index in [1.807, 2.05) is 4.90 Å². The van der Waals surface area contributed by atoms with E-state index in [9.17, 15) is 54.9 Å². The quantitative estimate of drug-likeness (QED) is 0.0935. The summed E-state index contributed by atoms with van der Waals surface area (Å²) in [6.45, 7) is 1.35. The SMILES string of the molecule is CCC(CO)(CO)N(CC(=O)O)CC(O)CN1CCN(CC(=O)O)CCN(CC(=O)O)CCN(CC(=O)O)CC1. The molecule has 0 aromatic rings. The molecule has 7 N–H and O–H groups in total. The van der Waals surface area contributed by atoms with Crippen LogP contribution in [0.2, 0.25) is 0 Å². The first-order valence-electron chi connectivity index (χ1n) is 13.3. The second kappa shape index (κ2) is 18.1. The number of hydrogen-bond acceptors (Lipinski definition) is 12. The summed E-state index contributed by atoms with van der Waals surface area (Å²) in [7, 11) is 0. The van der Waals surface area contributed by atoms with Crippen molar-refractivity contribution in [3.63, 3.8) is 0 Å². The zero-order valence-electron chi connectivity index (χ0n) is 23.1. The molecule has 0 radical (unpaired) electrons. The van der Waals surface area contributed by atoms with Crippen molar-refractivity contribution >= 4 is 23.9 Å². The molecule has 0 amide bonds. The van der Waals surface area contributed by atoms with Gasteiger partial charge in [-0.15, -0.1) is 0 Å². The van der Waals surface area contributed by atoms with Crippen LogP contribution in [0.3, 0.4) is 0 Å². The van der Waals surface area contributed by atoms with Gasteiger partial charge >= 0.3 is 23.9 Å². The number of aliphatic carboxylic acids is 4. The van der Waals surface area contributed by atoms with Gasteiger partial charge in [0.25, 0.3) is 0 Å². The second-order valence-electron chi connectivity index (χ2n) is 10.1. The maximum absolute atomic E-state index is 11.5. The number of nitrogens with zero attached hydrogens (tertiary/aromatic N) is 5. The lowest BCUT2D eigenvalue weighted by Crippen LogP contribution is -2.58. The number of β-amino-alcohol motifs (C(OH)–C–C–N with tert-alkyl or cyclic N) is 1. The van der Waals surface area contributed by atoms with Crippen molar-refractivity contribution in [2.24, 2.45) is 0 Å². The number of hydrogen-bond donors (Lipinski definition) is 7. The average Bonchev–Trinajstić information content (AvgIpc) is 2.85. The first kappa shape index (κ1) is 35.6. The highest BCUT2D eigenvalue weighted by molar-refractivity contribution is 5.70. The van der Waals surface area contributed by atoms with Crippen molar-refractivity contribution < 1.29 is 54.9 Å². The van der Waals surface area contributed by atoms with Crippen LogP contribution in [0.1, 0.15) is 13.3 Å². The van der Waals surface area contributed by atoms with Gasteiger partial charge < -0.3 is 35.7 Å². The van der Waals surface area contributed by atoms with Crippen LogP contribution in [0.5, 0.6) is 0 Å². The van der Waals surface area contributed by atoms with Crippen LogP contribution in [0.15, 0.2) is 0 Å². The Labute approximate surface area is 233 Å². The Balaban J connectivity index is 3.11. The van der Waals surface area contributed by atoms with Crippen LogP contribution in [0.4, 0.5) is 0 Å².